The van der Waals surface area contributed by atoms with Gasteiger partial charge in [0.25, 0.3) is 5.91 Å². The van der Waals surface area contributed by atoms with E-state index in [1.54, 1.807) is 32.4 Å². The standard InChI is InChI=1S/C27H34N2O7S/c1-16(2)22-11-18-12-25(36-10-6-9-35-5)20(26(32)28-37(33,34)27(4)7-8-27)13-19(18)23-14-24(31)21(17(3)30)15-29(22)23/h12-16,22H,6-11H2,1-5H3,(H,28,32). The van der Waals surface area contributed by atoms with Gasteiger partial charge >= 0.3 is 0 Å². The Morgan fingerprint density at radius 2 is 1.86 bits per heavy atom. The van der Waals surface area contributed by atoms with Crippen molar-refractivity contribution < 1.29 is 27.5 Å². The van der Waals surface area contributed by atoms with Crippen molar-refractivity contribution in [1.29, 1.82) is 0 Å². The zero-order chi connectivity index (χ0) is 27.1. The largest absolute Gasteiger partial charge is 0.493 e. The summed E-state index contributed by atoms with van der Waals surface area (Å²) in [4.78, 5) is 38.2. The molecular formula is C27H34N2O7S. The summed E-state index contributed by atoms with van der Waals surface area (Å²) < 4.78 is 39.8. The Kier molecular flexibility index (Phi) is 7.36. The number of carbonyl (C=O) groups excluding carboxylic acids is 2. The number of ketones is 1. The van der Waals surface area contributed by atoms with E-state index in [0.29, 0.717) is 43.5 Å². The monoisotopic (exact) mass is 530 g/mol. The molecule has 2 aliphatic rings. The highest BCUT2D eigenvalue weighted by atomic mass is 32.2. The number of amides is 1. The number of fused-ring (bicyclic) bond motifs is 3. The SMILES string of the molecule is COCCCOc1cc2c(cc1C(=O)NS(=O)(=O)C1(C)CC1)-c1cc(=O)c(C(C)=O)cn1C(C(C)C)C2. The van der Waals surface area contributed by atoms with Gasteiger partial charge in [-0.3, -0.25) is 14.4 Å². The van der Waals surface area contributed by atoms with E-state index in [1.165, 1.54) is 13.0 Å². The molecule has 1 unspecified atom stereocenters. The van der Waals surface area contributed by atoms with Crippen LogP contribution in [0.15, 0.2) is 29.2 Å². The van der Waals surface area contributed by atoms with Crippen LogP contribution >= 0.6 is 0 Å². The summed E-state index contributed by atoms with van der Waals surface area (Å²) >= 11 is 0. The number of rotatable bonds is 10. The summed E-state index contributed by atoms with van der Waals surface area (Å²) in [5, 5.41) is 0. The number of hydrogen-bond acceptors (Lipinski definition) is 7. The van der Waals surface area contributed by atoms with Crippen LogP contribution in [0.2, 0.25) is 0 Å². The van der Waals surface area contributed by atoms with Gasteiger partial charge in [0.05, 0.1) is 28.2 Å². The molecule has 10 heteroatoms. The van der Waals surface area contributed by atoms with Gasteiger partial charge in [0, 0.05) is 44.0 Å². The average molecular weight is 531 g/mol. The second-order valence-corrected chi connectivity index (χ2v) is 12.7. The number of nitrogens with one attached hydrogen (secondary N) is 1. The van der Waals surface area contributed by atoms with Crippen molar-refractivity contribution in [2.75, 3.05) is 20.3 Å². The van der Waals surface area contributed by atoms with Gasteiger partial charge in [-0.1, -0.05) is 13.8 Å². The lowest BCUT2D eigenvalue weighted by Gasteiger charge is -2.34. The topological polar surface area (TPSA) is 121 Å². The number of aromatic nitrogens is 1. The van der Waals surface area contributed by atoms with Crippen molar-refractivity contribution in [3.05, 3.63) is 51.3 Å². The van der Waals surface area contributed by atoms with Gasteiger partial charge in [-0.15, -0.1) is 0 Å². The number of sulfonamides is 1. The molecule has 37 heavy (non-hydrogen) atoms. The van der Waals surface area contributed by atoms with Crippen molar-refractivity contribution in [2.45, 2.75) is 64.2 Å². The zero-order valence-electron chi connectivity index (χ0n) is 21.9. The Hall–Kier alpha value is -2.98. The van der Waals surface area contributed by atoms with Crippen LogP contribution in [0.25, 0.3) is 11.3 Å². The van der Waals surface area contributed by atoms with E-state index in [-0.39, 0.29) is 41.2 Å². The first-order chi connectivity index (χ1) is 17.4. The highest BCUT2D eigenvalue weighted by molar-refractivity contribution is 7.91. The van der Waals surface area contributed by atoms with Crippen LogP contribution in [0.4, 0.5) is 0 Å². The van der Waals surface area contributed by atoms with Crippen molar-refractivity contribution in [1.82, 2.24) is 9.29 Å². The lowest BCUT2D eigenvalue weighted by atomic mass is 9.86. The van der Waals surface area contributed by atoms with Gasteiger partial charge in [0.2, 0.25) is 10.0 Å². The van der Waals surface area contributed by atoms with E-state index in [2.05, 4.69) is 18.6 Å². The maximum Gasteiger partial charge on any atom is 0.268 e. The zero-order valence-corrected chi connectivity index (χ0v) is 22.7. The quantitative estimate of drug-likeness (QED) is 0.369. The van der Waals surface area contributed by atoms with Gasteiger partial charge in [0.1, 0.15) is 5.75 Å². The van der Waals surface area contributed by atoms with Gasteiger partial charge < -0.3 is 14.0 Å². The third-order valence-corrected chi connectivity index (χ3v) is 9.48. The second-order valence-electron chi connectivity index (χ2n) is 10.5. The van der Waals surface area contributed by atoms with Crippen molar-refractivity contribution >= 4 is 21.7 Å². The van der Waals surface area contributed by atoms with Gasteiger partial charge in [-0.25, -0.2) is 13.1 Å². The molecule has 1 atom stereocenters. The van der Waals surface area contributed by atoms with Crippen LogP contribution in [-0.4, -0.2) is 49.7 Å². The van der Waals surface area contributed by atoms with E-state index < -0.39 is 26.1 Å². The molecule has 0 spiro atoms. The summed E-state index contributed by atoms with van der Waals surface area (Å²) in [5.41, 5.74) is 1.87. The van der Waals surface area contributed by atoms with E-state index in [1.807, 2.05) is 4.57 Å². The van der Waals surface area contributed by atoms with Crippen LogP contribution < -0.4 is 14.9 Å². The number of benzene rings is 1. The fraction of sp³-hybridized carbons (Fsp3) is 0.519. The van der Waals surface area contributed by atoms with Crippen molar-refractivity contribution in [3.8, 4) is 17.0 Å². The molecule has 0 radical (unpaired) electrons. The van der Waals surface area contributed by atoms with E-state index >= 15 is 0 Å². The Balaban J connectivity index is 1.84. The molecule has 1 amide bonds. The molecule has 1 fully saturated rings. The molecule has 1 aliphatic heterocycles. The molecule has 1 aliphatic carbocycles. The minimum atomic E-state index is -3.87. The Bertz CT molecular complexity index is 1400. The second kappa shape index (κ2) is 10.1. The molecular weight excluding hydrogens is 496 g/mol. The highest BCUT2D eigenvalue weighted by Crippen LogP contribution is 2.43. The average Bonchev–Trinajstić information content (AvgIpc) is 3.59. The van der Waals surface area contributed by atoms with E-state index in [4.69, 9.17) is 9.47 Å². The Labute approximate surface area is 217 Å². The first-order valence-corrected chi connectivity index (χ1v) is 14.0. The highest BCUT2D eigenvalue weighted by Gasteiger charge is 2.51. The Morgan fingerprint density at radius 1 is 1.16 bits per heavy atom. The number of ether oxygens (including phenoxy) is 2. The van der Waals surface area contributed by atoms with Crippen LogP contribution in [0, 0.1) is 5.92 Å². The predicted octanol–water partition coefficient (Wildman–Crippen LogP) is 3.50. The van der Waals surface area contributed by atoms with Crippen LogP contribution in [-0.2, 0) is 21.2 Å². The van der Waals surface area contributed by atoms with Crippen molar-refractivity contribution in [2.24, 2.45) is 5.92 Å². The Morgan fingerprint density at radius 3 is 2.46 bits per heavy atom. The predicted molar refractivity (Wildman–Crippen MR) is 140 cm³/mol. The molecule has 1 aromatic carbocycles. The summed E-state index contributed by atoms with van der Waals surface area (Å²) in [7, 11) is -2.28. The minimum Gasteiger partial charge on any atom is -0.493 e. The van der Waals surface area contributed by atoms with Gasteiger partial charge in [0.15, 0.2) is 11.2 Å². The summed E-state index contributed by atoms with van der Waals surface area (Å²) in [6.07, 6.45) is 3.76. The number of Topliss-reactive ketones (excluding diaryl/α,β-unsaturated/α-hetero) is 1. The number of methoxy groups -OCH3 is 1. The first kappa shape index (κ1) is 27.1. The fourth-order valence-electron chi connectivity index (χ4n) is 4.64. The van der Waals surface area contributed by atoms with Crippen LogP contribution in [0.3, 0.4) is 0 Å². The lowest BCUT2D eigenvalue weighted by Crippen LogP contribution is -2.38. The lowest BCUT2D eigenvalue weighted by molar-refractivity contribution is 0.0974. The molecule has 0 bridgehead atoms. The molecule has 1 N–H and O–H groups in total. The molecule has 1 saturated carbocycles. The normalized spacial score (nSPS) is 17.6. The summed E-state index contributed by atoms with van der Waals surface area (Å²) in [6.45, 7) is 7.86. The minimum absolute atomic E-state index is 0.0302. The summed E-state index contributed by atoms with van der Waals surface area (Å²) in [6, 6.07) is 4.76. The number of hydrogen-bond donors (Lipinski definition) is 1. The maximum atomic E-state index is 13.3. The molecule has 2 aromatic rings. The first-order valence-electron chi connectivity index (χ1n) is 12.5. The third kappa shape index (κ3) is 5.22. The molecule has 2 heterocycles. The number of pyridine rings is 1. The van der Waals surface area contributed by atoms with Crippen LogP contribution in [0.1, 0.15) is 79.3 Å². The van der Waals surface area contributed by atoms with E-state index in [0.717, 1.165) is 5.56 Å². The third-order valence-electron chi connectivity index (χ3n) is 7.32. The number of nitrogens with zero attached hydrogens (tertiary/aromatic N) is 1. The smallest absolute Gasteiger partial charge is 0.268 e. The number of carbonyl (C=O) groups is 2. The molecule has 9 nitrogen and oxygen atoms in total. The van der Waals surface area contributed by atoms with Crippen molar-refractivity contribution in [3.63, 3.8) is 0 Å². The molecule has 1 aromatic heterocycles. The van der Waals surface area contributed by atoms with E-state index in [9.17, 15) is 22.8 Å². The van der Waals surface area contributed by atoms with Gasteiger partial charge in [-0.2, -0.15) is 0 Å². The van der Waals surface area contributed by atoms with Crippen LogP contribution in [0.5, 0.6) is 5.75 Å². The molecule has 4 rings (SSSR count). The fourth-order valence-corrected chi connectivity index (χ4v) is 5.88. The summed E-state index contributed by atoms with van der Waals surface area (Å²) in [5.74, 6) is -0.625. The molecule has 200 valence electrons. The van der Waals surface area contributed by atoms with Gasteiger partial charge in [-0.05, 0) is 56.7 Å². The molecule has 0 saturated heterocycles. The maximum absolute atomic E-state index is 13.3.